The standard InChI is InChI=1S/C15H16Cl4N6O2S2/c1-26-15(27-2)13(18)5-6-8(23-25-10(21)29)4-3(7(5)22-24-9(20)28)11(13,16)12(4,17)14(6,15)19/h3-6H,1-2H3,(H3,20,24,28)(H3,21,25,29)/b22-7-,23-8-/t3-,4+,5-,6+,11-,12-,13-,14-/m1/s1. The molecule has 14 heteroatoms. The van der Waals surface area contributed by atoms with Crippen LogP contribution in [0.25, 0.3) is 0 Å². The number of hydrogen-bond donors (Lipinski definition) is 4. The summed E-state index contributed by atoms with van der Waals surface area (Å²) in [5.74, 6) is -3.27. The molecule has 5 saturated carbocycles. The van der Waals surface area contributed by atoms with Gasteiger partial charge in [0.2, 0.25) is 5.79 Å². The summed E-state index contributed by atoms with van der Waals surface area (Å²) in [6.45, 7) is 0. The minimum Gasteiger partial charge on any atom is -0.375 e. The summed E-state index contributed by atoms with van der Waals surface area (Å²) in [6.07, 6.45) is 0. The highest BCUT2D eigenvalue weighted by atomic mass is 35.5. The zero-order valence-corrected chi connectivity index (χ0v) is 19.7. The fourth-order valence-electron chi connectivity index (χ4n) is 6.94. The number of methoxy groups -OCH3 is 2. The van der Waals surface area contributed by atoms with Crippen molar-refractivity contribution in [2.24, 2.45) is 45.3 Å². The highest BCUT2D eigenvalue weighted by Crippen LogP contribution is 2.95. The van der Waals surface area contributed by atoms with Crippen LogP contribution < -0.4 is 22.3 Å². The van der Waals surface area contributed by atoms with Gasteiger partial charge >= 0.3 is 0 Å². The zero-order chi connectivity index (χ0) is 21.4. The molecule has 0 radical (unpaired) electrons. The lowest BCUT2D eigenvalue weighted by Crippen LogP contribution is -2.73. The average Bonchev–Trinajstić information content (AvgIpc) is 2.96. The fraction of sp³-hybridized carbons (Fsp3) is 0.733. The third kappa shape index (κ3) is 1.56. The van der Waals surface area contributed by atoms with Crippen LogP contribution in [0.1, 0.15) is 0 Å². The Morgan fingerprint density at radius 2 is 1.10 bits per heavy atom. The van der Waals surface area contributed by atoms with E-state index in [4.69, 9.17) is 91.8 Å². The molecule has 0 aromatic rings. The summed E-state index contributed by atoms with van der Waals surface area (Å²) < 4.78 is 11.8. The summed E-state index contributed by atoms with van der Waals surface area (Å²) in [4.78, 5) is -5.06. The first-order valence-corrected chi connectivity index (χ1v) is 10.9. The Hall–Kier alpha value is -0.200. The van der Waals surface area contributed by atoms with Crippen LogP contribution >= 0.6 is 70.8 Å². The predicted octanol–water partition coefficient (Wildman–Crippen LogP) is 0.797. The van der Waals surface area contributed by atoms with Crippen molar-refractivity contribution in [2.45, 2.75) is 25.3 Å². The average molecular weight is 518 g/mol. The van der Waals surface area contributed by atoms with Gasteiger partial charge in [0.1, 0.15) is 19.5 Å². The fourth-order valence-corrected chi connectivity index (χ4v) is 10.3. The molecule has 0 aromatic carbocycles. The number of halogens is 4. The van der Waals surface area contributed by atoms with Crippen molar-refractivity contribution in [1.82, 2.24) is 10.9 Å². The molecule has 29 heavy (non-hydrogen) atoms. The van der Waals surface area contributed by atoms with E-state index in [2.05, 4.69) is 21.1 Å². The lowest BCUT2D eigenvalue weighted by molar-refractivity contribution is -0.223. The van der Waals surface area contributed by atoms with Gasteiger partial charge in [-0.1, -0.05) is 0 Å². The largest absolute Gasteiger partial charge is 0.375 e. The lowest BCUT2D eigenvalue weighted by Gasteiger charge is -2.58. The van der Waals surface area contributed by atoms with Gasteiger partial charge in [-0.3, -0.25) is 10.9 Å². The third-order valence-electron chi connectivity index (χ3n) is 7.37. The first-order chi connectivity index (χ1) is 13.5. The first kappa shape index (κ1) is 20.7. The molecular formula is C15H16Cl4N6O2S2. The van der Waals surface area contributed by atoms with Gasteiger partial charge in [0.15, 0.2) is 10.2 Å². The second kappa shape index (κ2) is 5.58. The molecule has 5 rings (SSSR count). The molecule has 8 nitrogen and oxygen atoms in total. The van der Waals surface area contributed by atoms with E-state index in [1.54, 1.807) is 0 Å². The molecule has 0 saturated heterocycles. The Morgan fingerprint density at radius 1 is 0.793 bits per heavy atom. The number of nitrogens with two attached hydrogens (primary N) is 2. The maximum absolute atomic E-state index is 7.34. The monoisotopic (exact) mass is 516 g/mol. The molecular weight excluding hydrogens is 502 g/mol. The van der Waals surface area contributed by atoms with Gasteiger partial charge in [-0.05, 0) is 24.4 Å². The molecule has 0 amide bonds. The minimum atomic E-state index is -1.50. The van der Waals surface area contributed by atoms with Crippen LogP contribution in [0.15, 0.2) is 10.2 Å². The van der Waals surface area contributed by atoms with Gasteiger partial charge in [-0.2, -0.15) is 10.2 Å². The van der Waals surface area contributed by atoms with Crippen LogP contribution in [0.3, 0.4) is 0 Å². The molecule has 8 atom stereocenters. The number of hydrazone groups is 2. The molecule has 0 unspecified atom stereocenters. The topological polar surface area (TPSA) is 119 Å². The number of hydrogen-bond acceptors (Lipinski definition) is 6. The summed E-state index contributed by atoms with van der Waals surface area (Å²) in [7, 11) is 2.94. The van der Waals surface area contributed by atoms with Gasteiger partial charge < -0.3 is 20.9 Å². The Morgan fingerprint density at radius 3 is 1.38 bits per heavy atom. The maximum Gasteiger partial charge on any atom is 0.211 e. The van der Waals surface area contributed by atoms with Crippen LogP contribution in [-0.4, -0.2) is 61.2 Å². The molecule has 0 aromatic heterocycles. The van der Waals surface area contributed by atoms with E-state index < -0.39 is 37.1 Å². The van der Waals surface area contributed by atoms with Crippen molar-refractivity contribution < 1.29 is 9.47 Å². The van der Waals surface area contributed by atoms with Crippen LogP contribution in [0, 0.1) is 23.7 Å². The number of alkyl halides is 4. The Balaban J connectivity index is 1.81. The highest BCUT2D eigenvalue weighted by molar-refractivity contribution is 7.80. The van der Waals surface area contributed by atoms with Crippen molar-refractivity contribution in [2.75, 3.05) is 14.2 Å². The molecule has 5 aliphatic carbocycles. The number of rotatable bonds is 4. The molecule has 0 spiro atoms. The quantitative estimate of drug-likeness (QED) is 0.187. The van der Waals surface area contributed by atoms with Crippen molar-refractivity contribution >= 4 is 92.5 Å². The summed E-state index contributed by atoms with van der Waals surface area (Å²) in [5.41, 5.74) is 17.8. The van der Waals surface area contributed by atoms with E-state index in [-0.39, 0.29) is 22.1 Å². The second-order valence-electron chi connectivity index (χ2n) is 7.81. The van der Waals surface area contributed by atoms with Crippen LogP contribution in [-0.2, 0) is 9.47 Å². The smallest absolute Gasteiger partial charge is 0.211 e. The molecule has 5 fully saturated rings. The Kier molecular flexibility index (Phi) is 3.98. The van der Waals surface area contributed by atoms with Crippen LogP contribution in [0.5, 0.6) is 0 Å². The summed E-state index contributed by atoms with van der Waals surface area (Å²) >= 11 is 39.0. The maximum atomic E-state index is 7.34. The van der Waals surface area contributed by atoms with Crippen LogP contribution in [0.4, 0.5) is 0 Å². The number of nitrogens with one attached hydrogen (secondary N) is 2. The molecule has 0 aliphatic heterocycles. The van der Waals surface area contributed by atoms with E-state index in [1.807, 2.05) is 0 Å². The van der Waals surface area contributed by atoms with Gasteiger partial charge in [0, 0.05) is 49.3 Å². The van der Waals surface area contributed by atoms with Crippen molar-refractivity contribution in [1.29, 1.82) is 0 Å². The Bertz CT molecular complexity index is 878. The van der Waals surface area contributed by atoms with Crippen molar-refractivity contribution in [3.63, 3.8) is 0 Å². The van der Waals surface area contributed by atoms with Gasteiger partial charge in [0.05, 0.1) is 0 Å². The zero-order valence-electron chi connectivity index (χ0n) is 15.0. The lowest BCUT2D eigenvalue weighted by atomic mass is 9.57. The molecule has 158 valence electrons. The Labute approximate surface area is 196 Å². The van der Waals surface area contributed by atoms with E-state index in [0.717, 1.165) is 0 Å². The number of thiocarbonyl (C=S) groups is 2. The van der Waals surface area contributed by atoms with Gasteiger partial charge in [-0.15, -0.1) is 46.4 Å². The molecule has 6 N–H and O–H groups in total. The van der Waals surface area contributed by atoms with Crippen LogP contribution in [0.2, 0.25) is 0 Å². The number of fused-ring (bicyclic) bond motifs is 2. The normalized spacial score (nSPS) is 54.3. The van der Waals surface area contributed by atoms with Crippen molar-refractivity contribution in [3.8, 4) is 0 Å². The molecule has 2 bridgehead atoms. The minimum absolute atomic E-state index is 0.0121. The first-order valence-electron chi connectivity index (χ1n) is 8.59. The van der Waals surface area contributed by atoms with E-state index in [1.165, 1.54) is 14.2 Å². The van der Waals surface area contributed by atoms with E-state index in [9.17, 15) is 0 Å². The number of ether oxygens (including phenoxy) is 2. The molecule has 5 aliphatic rings. The van der Waals surface area contributed by atoms with Gasteiger partial charge in [0.25, 0.3) is 0 Å². The summed E-state index contributed by atoms with van der Waals surface area (Å²) in [6, 6.07) is 0. The van der Waals surface area contributed by atoms with Crippen molar-refractivity contribution in [3.05, 3.63) is 0 Å². The number of nitrogens with zero attached hydrogens (tertiary/aromatic N) is 2. The third-order valence-corrected chi connectivity index (χ3v) is 11.1. The van der Waals surface area contributed by atoms with Gasteiger partial charge in [-0.25, -0.2) is 0 Å². The van der Waals surface area contributed by atoms with E-state index in [0.29, 0.717) is 11.4 Å². The molecule has 0 heterocycles. The predicted molar refractivity (Wildman–Crippen MR) is 120 cm³/mol. The second-order valence-corrected chi connectivity index (χ2v) is 11.1. The highest BCUT2D eigenvalue weighted by Gasteiger charge is 3.11. The van der Waals surface area contributed by atoms with E-state index >= 15 is 0 Å². The summed E-state index contributed by atoms with van der Waals surface area (Å²) in [5, 5.41) is 8.90. The SMILES string of the molecule is COC1(OC)[C@@]2(Cl)[C@@H]3/C(=N\NC(N)=S)[C@@H]4[C@@H]5/C(=N/NC(N)=S)[C@@H]3[C@@]1(Cl)[C@]5(Cl)[C@]42Cl.